The first-order valence-corrected chi connectivity index (χ1v) is 4.19. The summed E-state index contributed by atoms with van der Waals surface area (Å²) in [4.78, 5) is 13.2. The molecule has 0 aliphatic heterocycles. The fraction of sp³-hybridized carbons (Fsp3) is 0.375. The van der Waals surface area contributed by atoms with Gasteiger partial charge in [0.25, 0.3) is 5.88 Å². The van der Waals surface area contributed by atoms with Crippen LogP contribution in [0.25, 0.3) is 0 Å². The van der Waals surface area contributed by atoms with Crippen LogP contribution in [0.4, 0.5) is 18.9 Å². The van der Waals surface area contributed by atoms with Gasteiger partial charge in [0.1, 0.15) is 0 Å². The van der Waals surface area contributed by atoms with E-state index in [-0.39, 0.29) is 0 Å². The van der Waals surface area contributed by atoms with Crippen molar-refractivity contribution in [1.82, 2.24) is 4.98 Å². The van der Waals surface area contributed by atoms with Gasteiger partial charge in [0, 0.05) is 12.3 Å². The van der Waals surface area contributed by atoms with Crippen LogP contribution in [0.1, 0.15) is 6.42 Å². The first kappa shape index (κ1) is 12.2. The zero-order valence-electron chi connectivity index (χ0n) is 7.90. The van der Waals surface area contributed by atoms with Crippen molar-refractivity contribution in [3.63, 3.8) is 0 Å². The SMILES string of the molecule is O=[N+]([O-])c1cccnc1OCCC(F)(F)F. The van der Waals surface area contributed by atoms with Gasteiger partial charge in [-0.15, -0.1) is 0 Å². The summed E-state index contributed by atoms with van der Waals surface area (Å²) in [6.45, 7) is -0.693. The third-order valence-electron chi connectivity index (χ3n) is 1.57. The second-order valence-electron chi connectivity index (χ2n) is 2.80. The molecule has 0 N–H and O–H groups in total. The van der Waals surface area contributed by atoms with E-state index in [1.54, 1.807) is 0 Å². The van der Waals surface area contributed by atoms with E-state index in [0.29, 0.717) is 0 Å². The molecule has 5 nitrogen and oxygen atoms in total. The van der Waals surface area contributed by atoms with Crippen molar-refractivity contribution in [3.8, 4) is 5.88 Å². The van der Waals surface area contributed by atoms with Gasteiger partial charge in [-0.2, -0.15) is 13.2 Å². The lowest BCUT2D eigenvalue weighted by atomic mass is 10.4. The number of nitrogens with zero attached hydrogens (tertiary/aromatic N) is 2. The van der Waals surface area contributed by atoms with E-state index in [9.17, 15) is 23.3 Å². The van der Waals surface area contributed by atoms with E-state index >= 15 is 0 Å². The van der Waals surface area contributed by atoms with Crippen LogP contribution in [0.2, 0.25) is 0 Å². The molecule has 0 unspecified atom stereocenters. The van der Waals surface area contributed by atoms with Gasteiger partial charge >= 0.3 is 11.9 Å². The topological polar surface area (TPSA) is 65.3 Å². The molecule has 0 aliphatic rings. The Morgan fingerprint density at radius 3 is 2.75 bits per heavy atom. The molecule has 0 saturated heterocycles. The minimum absolute atomic E-state index is 0.406. The third kappa shape index (κ3) is 3.71. The van der Waals surface area contributed by atoms with E-state index < -0.39 is 35.7 Å². The Labute approximate surface area is 88.0 Å². The quantitative estimate of drug-likeness (QED) is 0.594. The van der Waals surface area contributed by atoms with Crippen LogP contribution in [0, 0.1) is 10.1 Å². The Bertz CT molecular complexity index is 381. The van der Waals surface area contributed by atoms with Gasteiger partial charge in [-0.1, -0.05) is 0 Å². The maximum absolute atomic E-state index is 11.8. The minimum Gasteiger partial charge on any atom is -0.472 e. The number of aromatic nitrogens is 1. The van der Waals surface area contributed by atoms with Gasteiger partial charge in [0.2, 0.25) is 0 Å². The van der Waals surface area contributed by atoms with E-state index in [2.05, 4.69) is 9.72 Å². The Morgan fingerprint density at radius 2 is 2.19 bits per heavy atom. The summed E-state index contributed by atoms with van der Waals surface area (Å²) in [6, 6.07) is 2.41. The molecule has 1 aromatic heterocycles. The molecule has 1 aromatic rings. The lowest BCUT2D eigenvalue weighted by molar-refractivity contribution is -0.386. The van der Waals surface area contributed by atoms with Crippen LogP contribution in [0.3, 0.4) is 0 Å². The monoisotopic (exact) mass is 236 g/mol. The molecule has 1 rings (SSSR count). The van der Waals surface area contributed by atoms with Crippen molar-refractivity contribution in [2.75, 3.05) is 6.61 Å². The summed E-state index contributed by atoms with van der Waals surface area (Å²) in [7, 11) is 0. The number of hydrogen-bond donors (Lipinski definition) is 0. The first-order chi connectivity index (χ1) is 7.40. The molecule has 0 fully saturated rings. The maximum atomic E-state index is 11.8. The van der Waals surface area contributed by atoms with Crippen LogP contribution >= 0.6 is 0 Å². The van der Waals surface area contributed by atoms with Crippen LogP contribution in [0.15, 0.2) is 18.3 Å². The number of hydrogen-bond acceptors (Lipinski definition) is 4. The Kier molecular flexibility index (Phi) is 3.64. The predicted octanol–water partition coefficient (Wildman–Crippen LogP) is 2.32. The van der Waals surface area contributed by atoms with Crippen LogP contribution in [0.5, 0.6) is 5.88 Å². The summed E-state index contributed by atoms with van der Waals surface area (Å²) in [5.74, 6) is -0.406. The maximum Gasteiger partial charge on any atom is 0.392 e. The molecular formula is C8H7F3N2O3. The Hall–Kier alpha value is -1.86. The highest BCUT2D eigenvalue weighted by Crippen LogP contribution is 2.24. The second kappa shape index (κ2) is 4.77. The molecule has 0 atom stereocenters. The van der Waals surface area contributed by atoms with Gasteiger partial charge in [-0.05, 0) is 6.07 Å². The zero-order valence-corrected chi connectivity index (χ0v) is 7.90. The number of rotatable bonds is 4. The molecule has 1 heterocycles. The molecule has 88 valence electrons. The summed E-state index contributed by atoms with van der Waals surface area (Å²) in [5, 5.41) is 10.4. The molecule has 0 spiro atoms. The highest BCUT2D eigenvalue weighted by Gasteiger charge is 2.27. The average molecular weight is 236 g/mol. The standard InChI is InChI=1S/C8H7F3N2O3/c9-8(10,11)3-5-16-7-6(13(14)15)2-1-4-12-7/h1-2,4H,3,5H2. The van der Waals surface area contributed by atoms with Crippen LogP contribution in [-0.4, -0.2) is 22.7 Å². The molecule has 0 aromatic carbocycles. The lowest BCUT2D eigenvalue weighted by Gasteiger charge is -2.07. The number of alkyl halides is 3. The number of pyridine rings is 1. The molecule has 0 radical (unpaired) electrons. The highest BCUT2D eigenvalue weighted by atomic mass is 19.4. The van der Waals surface area contributed by atoms with Gasteiger partial charge < -0.3 is 4.74 Å². The highest BCUT2D eigenvalue weighted by molar-refractivity contribution is 5.39. The van der Waals surface area contributed by atoms with Crippen molar-refractivity contribution in [2.45, 2.75) is 12.6 Å². The van der Waals surface area contributed by atoms with Crippen molar-refractivity contribution >= 4 is 5.69 Å². The van der Waals surface area contributed by atoms with E-state index in [0.717, 1.165) is 6.07 Å². The molecule has 0 aliphatic carbocycles. The molecule has 0 amide bonds. The van der Waals surface area contributed by atoms with E-state index in [1.807, 2.05) is 0 Å². The fourth-order valence-corrected chi connectivity index (χ4v) is 0.896. The molecule has 0 saturated carbocycles. The summed E-state index contributed by atoms with van der Waals surface area (Å²) in [5.41, 5.74) is -0.454. The number of ether oxygens (including phenoxy) is 1. The van der Waals surface area contributed by atoms with Gasteiger partial charge in [-0.3, -0.25) is 10.1 Å². The average Bonchev–Trinajstić information content (AvgIpc) is 2.16. The van der Waals surface area contributed by atoms with Gasteiger partial charge in [0.15, 0.2) is 0 Å². The van der Waals surface area contributed by atoms with Crippen molar-refractivity contribution < 1.29 is 22.8 Å². The molecule has 8 heteroatoms. The normalized spacial score (nSPS) is 11.2. The second-order valence-corrected chi connectivity index (χ2v) is 2.80. The summed E-state index contributed by atoms with van der Waals surface area (Å²) >= 11 is 0. The Morgan fingerprint density at radius 1 is 1.50 bits per heavy atom. The minimum atomic E-state index is -4.36. The largest absolute Gasteiger partial charge is 0.472 e. The van der Waals surface area contributed by atoms with E-state index in [1.165, 1.54) is 12.3 Å². The van der Waals surface area contributed by atoms with Crippen molar-refractivity contribution in [2.24, 2.45) is 0 Å². The Balaban J connectivity index is 2.64. The number of nitro groups is 1. The summed E-state index contributed by atoms with van der Waals surface area (Å²) < 4.78 is 40.0. The fourth-order valence-electron chi connectivity index (χ4n) is 0.896. The van der Waals surface area contributed by atoms with Crippen LogP contribution < -0.4 is 4.74 Å². The van der Waals surface area contributed by atoms with Crippen LogP contribution in [-0.2, 0) is 0 Å². The van der Waals surface area contributed by atoms with Crippen molar-refractivity contribution in [3.05, 3.63) is 28.4 Å². The predicted molar refractivity (Wildman–Crippen MR) is 47.1 cm³/mol. The smallest absolute Gasteiger partial charge is 0.392 e. The molecule has 16 heavy (non-hydrogen) atoms. The third-order valence-corrected chi connectivity index (χ3v) is 1.57. The molecular weight excluding hydrogens is 229 g/mol. The van der Waals surface area contributed by atoms with Gasteiger partial charge in [0.05, 0.1) is 18.0 Å². The zero-order chi connectivity index (χ0) is 12.2. The van der Waals surface area contributed by atoms with E-state index in [4.69, 9.17) is 0 Å². The molecule has 0 bridgehead atoms. The number of halogens is 3. The van der Waals surface area contributed by atoms with Crippen molar-refractivity contribution in [1.29, 1.82) is 0 Å². The van der Waals surface area contributed by atoms with Gasteiger partial charge in [-0.25, -0.2) is 4.98 Å². The first-order valence-electron chi connectivity index (χ1n) is 4.19. The summed E-state index contributed by atoms with van der Waals surface area (Å²) in [6.07, 6.45) is -4.33. The lowest BCUT2D eigenvalue weighted by Crippen LogP contribution is -2.13.